The molecule has 0 bridgehead atoms. The standard InChI is InChI=1S/C45H74O10/c1-3-5-7-9-11-13-15-17-19-21-23-25-27-29-31-33-40(47)52-36-38(37-53-45-44(51)43(50)42(49)39(35-46)55-45)54-41(48)34-32-30-28-26-24-22-20-18-16-14-12-10-8-6-4-2/h6,8,12-15,17-20,24,26,38-39,42-46,49-51H,3-5,7,9-11,16,21-23,25,27-37H2,1-2H3/b8-6+,14-12+,15-13+,19-17+,20-18+,26-24+/t38-,39-,42+,43?,44?,45-/m0/s1. The average molecular weight is 775 g/mol. The van der Waals surface area contributed by atoms with Gasteiger partial charge in [-0.05, 0) is 77.0 Å². The zero-order valence-electron chi connectivity index (χ0n) is 33.9. The second-order valence-electron chi connectivity index (χ2n) is 14.1. The molecule has 1 heterocycles. The van der Waals surface area contributed by atoms with E-state index in [2.05, 4.69) is 86.8 Å². The van der Waals surface area contributed by atoms with Crippen molar-refractivity contribution in [1.29, 1.82) is 0 Å². The van der Waals surface area contributed by atoms with Crippen LogP contribution in [0.25, 0.3) is 0 Å². The first kappa shape index (κ1) is 50.2. The number of esters is 2. The summed E-state index contributed by atoms with van der Waals surface area (Å²) in [5.41, 5.74) is 0. The van der Waals surface area contributed by atoms with Crippen molar-refractivity contribution in [1.82, 2.24) is 0 Å². The van der Waals surface area contributed by atoms with Crippen LogP contribution in [0, 0.1) is 0 Å². The van der Waals surface area contributed by atoms with Crippen molar-refractivity contribution in [3.05, 3.63) is 72.9 Å². The SMILES string of the molecule is CC/C=C/C/C=C/C/C=C/C/C=C/CCCCC(=O)O[C@@H](COC(=O)CCCCCCC/C=C/C=C/CCCCCC)CO[C@H]1O[C@@H](CO)[C@@H](O)C(O)C1O. The van der Waals surface area contributed by atoms with Gasteiger partial charge >= 0.3 is 11.9 Å². The number of carbonyl (C=O) groups excluding carboxylic acids is 2. The van der Waals surface area contributed by atoms with Crippen LogP contribution in [0.15, 0.2) is 72.9 Å². The van der Waals surface area contributed by atoms with Gasteiger partial charge in [0.15, 0.2) is 12.4 Å². The van der Waals surface area contributed by atoms with Crippen molar-refractivity contribution < 1.29 is 49.0 Å². The molecule has 1 aliphatic heterocycles. The van der Waals surface area contributed by atoms with E-state index in [4.69, 9.17) is 18.9 Å². The molecule has 10 nitrogen and oxygen atoms in total. The minimum absolute atomic E-state index is 0.170. The minimum atomic E-state index is -1.61. The summed E-state index contributed by atoms with van der Waals surface area (Å²) in [6.45, 7) is 3.20. The van der Waals surface area contributed by atoms with Crippen LogP contribution in [0.5, 0.6) is 0 Å². The Bertz CT molecular complexity index is 1120. The number of rotatable bonds is 33. The van der Waals surface area contributed by atoms with Crippen molar-refractivity contribution in [2.24, 2.45) is 0 Å². The molecule has 0 radical (unpaired) electrons. The van der Waals surface area contributed by atoms with Crippen LogP contribution in [-0.2, 0) is 28.5 Å². The summed E-state index contributed by atoms with van der Waals surface area (Å²) < 4.78 is 22.0. The first-order valence-corrected chi connectivity index (χ1v) is 21.0. The molecule has 1 aliphatic rings. The van der Waals surface area contributed by atoms with Gasteiger partial charge in [0, 0.05) is 12.8 Å². The van der Waals surface area contributed by atoms with Crippen LogP contribution in [0.2, 0.25) is 0 Å². The van der Waals surface area contributed by atoms with Gasteiger partial charge in [0.05, 0.1) is 13.2 Å². The van der Waals surface area contributed by atoms with E-state index >= 15 is 0 Å². The first-order chi connectivity index (χ1) is 26.8. The normalized spacial score (nSPS) is 21.3. The molecule has 0 aromatic heterocycles. The second kappa shape index (κ2) is 35.5. The number of unbranched alkanes of at least 4 members (excludes halogenated alkanes) is 11. The highest BCUT2D eigenvalue weighted by atomic mass is 16.7. The fraction of sp³-hybridized carbons (Fsp3) is 0.689. The van der Waals surface area contributed by atoms with E-state index in [-0.39, 0.29) is 26.1 Å². The third-order valence-corrected chi connectivity index (χ3v) is 9.10. The predicted molar refractivity (Wildman–Crippen MR) is 219 cm³/mol. The zero-order valence-corrected chi connectivity index (χ0v) is 33.9. The molecule has 0 amide bonds. The molecular weight excluding hydrogens is 700 g/mol. The van der Waals surface area contributed by atoms with E-state index < -0.39 is 55.4 Å². The Morgan fingerprint density at radius 1 is 0.600 bits per heavy atom. The van der Waals surface area contributed by atoms with Crippen molar-refractivity contribution in [2.45, 2.75) is 179 Å². The number of aliphatic hydroxyl groups is 4. The zero-order chi connectivity index (χ0) is 40.2. The summed E-state index contributed by atoms with van der Waals surface area (Å²) in [7, 11) is 0. The molecule has 1 rings (SSSR count). The fourth-order valence-corrected chi connectivity index (χ4v) is 5.76. The highest BCUT2D eigenvalue weighted by Gasteiger charge is 2.44. The Kier molecular flexibility index (Phi) is 32.4. The average Bonchev–Trinajstić information content (AvgIpc) is 3.18. The van der Waals surface area contributed by atoms with E-state index in [1.807, 2.05) is 0 Å². The van der Waals surface area contributed by atoms with Crippen molar-refractivity contribution in [3.8, 4) is 0 Å². The number of carbonyl (C=O) groups is 2. The first-order valence-electron chi connectivity index (χ1n) is 21.0. The second-order valence-corrected chi connectivity index (χ2v) is 14.1. The molecule has 0 saturated carbocycles. The summed E-state index contributed by atoms with van der Waals surface area (Å²) >= 11 is 0. The Labute approximate surface area is 332 Å². The molecule has 6 atom stereocenters. The molecule has 2 unspecified atom stereocenters. The van der Waals surface area contributed by atoms with Crippen molar-refractivity contribution >= 4 is 11.9 Å². The van der Waals surface area contributed by atoms with Gasteiger partial charge < -0.3 is 39.4 Å². The van der Waals surface area contributed by atoms with Crippen LogP contribution in [-0.4, -0.2) is 89.0 Å². The summed E-state index contributed by atoms with van der Waals surface area (Å²) in [6, 6.07) is 0. The molecule has 314 valence electrons. The van der Waals surface area contributed by atoms with E-state index in [9.17, 15) is 30.0 Å². The lowest BCUT2D eigenvalue weighted by Crippen LogP contribution is -2.59. The third-order valence-electron chi connectivity index (χ3n) is 9.10. The van der Waals surface area contributed by atoms with Gasteiger partial charge in [0.1, 0.15) is 31.0 Å². The van der Waals surface area contributed by atoms with Gasteiger partial charge in [0.25, 0.3) is 0 Å². The van der Waals surface area contributed by atoms with Crippen LogP contribution in [0.3, 0.4) is 0 Å². The fourth-order valence-electron chi connectivity index (χ4n) is 5.76. The molecule has 55 heavy (non-hydrogen) atoms. The molecule has 1 saturated heterocycles. The molecule has 0 aliphatic carbocycles. The maximum atomic E-state index is 12.7. The lowest BCUT2D eigenvalue weighted by Gasteiger charge is -2.39. The molecular formula is C45H74O10. The van der Waals surface area contributed by atoms with Crippen LogP contribution in [0.4, 0.5) is 0 Å². The topological polar surface area (TPSA) is 152 Å². The number of allylic oxidation sites excluding steroid dienone is 12. The van der Waals surface area contributed by atoms with Gasteiger partial charge in [0.2, 0.25) is 0 Å². The highest BCUT2D eigenvalue weighted by molar-refractivity contribution is 5.70. The van der Waals surface area contributed by atoms with E-state index in [1.165, 1.54) is 25.7 Å². The Balaban J connectivity index is 2.42. The molecule has 0 spiro atoms. The van der Waals surface area contributed by atoms with Crippen molar-refractivity contribution in [2.75, 3.05) is 19.8 Å². The molecule has 0 aromatic carbocycles. The van der Waals surface area contributed by atoms with Gasteiger partial charge in [-0.25, -0.2) is 0 Å². The summed E-state index contributed by atoms with van der Waals surface area (Å²) in [6.07, 6.45) is 36.2. The summed E-state index contributed by atoms with van der Waals surface area (Å²) in [5, 5.41) is 40.0. The Morgan fingerprint density at radius 3 is 1.76 bits per heavy atom. The lowest BCUT2D eigenvalue weighted by atomic mass is 9.99. The monoisotopic (exact) mass is 775 g/mol. The maximum Gasteiger partial charge on any atom is 0.306 e. The Hall–Kier alpha value is -2.86. The van der Waals surface area contributed by atoms with E-state index in [0.717, 1.165) is 77.0 Å². The maximum absolute atomic E-state index is 12.7. The largest absolute Gasteiger partial charge is 0.462 e. The minimum Gasteiger partial charge on any atom is -0.462 e. The summed E-state index contributed by atoms with van der Waals surface area (Å²) in [4.78, 5) is 25.2. The van der Waals surface area contributed by atoms with Gasteiger partial charge in [-0.1, -0.05) is 125 Å². The highest BCUT2D eigenvalue weighted by Crippen LogP contribution is 2.22. The quantitative estimate of drug-likeness (QED) is 0.0221. The van der Waals surface area contributed by atoms with Crippen LogP contribution in [0.1, 0.15) is 142 Å². The Morgan fingerprint density at radius 2 is 1.13 bits per heavy atom. The molecule has 0 aromatic rings. The van der Waals surface area contributed by atoms with Crippen LogP contribution >= 0.6 is 0 Å². The third kappa shape index (κ3) is 27.4. The van der Waals surface area contributed by atoms with Gasteiger partial charge in [-0.15, -0.1) is 0 Å². The number of aliphatic hydroxyl groups excluding tert-OH is 4. The van der Waals surface area contributed by atoms with Gasteiger partial charge in [-0.2, -0.15) is 0 Å². The van der Waals surface area contributed by atoms with Crippen LogP contribution < -0.4 is 0 Å². The van der Waals surface area contributed by atoms with Crippen molar-refractivity contribution in [3.63, 3.8) is 0 Å². The molecule has 10 heteroatoms. The number of hydrogen-bond acceptors (Lipinski definition) is 10. The molecule has 1 fully saturated rings. The number of ether oxygens (including phenoxy) is 4. The smallest absolute Gasteiger partial charge is 0.306 e. The van der Waals surface area contributed by atoms with E-state index in [0.29, 0.717) is 12.8 Å². The number of hydrogen-bond donors (Lipinski definition) is 4. The molecule has 4 N–H and O–H groups in total. The predicted octanol–water partition coefficient (Wildman–Crippen LogP) is 8.44. The van der Waals surface area contributed by atoms with E-state index in [1.54, 1.807) is 0 Å². The van der Waals surface area contributed by atoms with Gasteiger partial charge in [-0.3, -0.25) is 9.59 Å². The lowest BCUT2D eigenvalue weighted by molar-refractivity contribution is -0.305. The summed E-state index contributed by atoms with van der Waals surface area (Å²) in [5.74, 6) is -0.881.